The van der Waals surface area contributed by atoms with Crippen molar-refractivity contribution in [1.29, 1.82) is 0 Å². The van der Waals surface area contributed by atoms with Crippen molar-refractivity contribution in [3.63, 3.8) is 0 Å². The van der Waals surface area contributed by atoms with Crippen LogP contribution in [0, 0.1) is 12.8 Å². The Morgan fingerprint density at radius 3 is 2.42 bits per heavy atom. The molecule has 1 N–H and O–H groups in total. The molecule has 1 atom stereocenters. The van der Waals surface area contributed by atoms with Crippen molar-refractivity contribution in [1.82, 2.24) is 10.2 Å². The summed E-state index contributed by atoms with van der Waals surface area (Å²) >= 11 is 0. The molecule has 0 unspecified atom stereocenters. The van der Waals surface area contributed by atoms with Crippen molar-refractivity contribution in [3.05, 3.63) is 59.7 Å². The van der Waals surface area contributed by atoms with Crippen LogP contribution in [0.4, 0.5) is 0 Å². The Hall–Kier alpha value is -3.02. The van der Waals surface area contributed by atoms with Crippen LogP contribution < -0.4 is 14.8 Å². The number of methoxy groups -OCH3 is 1. The first kappa shape index (κ1) is 24.3. The first-order chi connectivity index (χ1) is 14.8. The van der Waals surface area contributed by atoms with E-state index < -0.39 is 6.04 Å². The smallest absolute Gasteiger partial charge is 0.261 e. The Morgan fingerprint density at radius 1 is 1.06 bits per heavy atom. The highest BCUT2D eigenvalue weighted by atomic mass is 16.5. The molecule has 0 aliphatic rings. The summed E-state index contributed by atoms with van der Waals surface area (Å²) in [6.07, 6.45) is 0.504. The summed E-state index contributed by atoms with van der Waals surface area (Å²) in [4.78, 5) is 27.7. The Labute approximate surface area is 185 Å². The molecular formula is C25H34N2O4. The fourth-order valence-corrected chi connectivity index (χ4v) is 3.24. The monoisotopic (exact) mass is 426 g/mol. The van der Waals surface area contributed by atoms with E-state index in [1.54, 1.807) is 12.0 Å². The Morgan fingerprint density at radius 2 is 1.77 bits per heavy atom. The van der Waals surface area contributed by atoms with E-state index in [0.29, 0.717) is 36.9 Å². The van der Waals surface area contributed by atoms with Crippen LogP contribution in [0.5, 0.6) is 11.5 Å². The fourth-order valence-electron chi connectivity index (χ4n) is 3.24. The summed E-state index contributed by atoms with van der Waals surface area (Å²) in [6.45, 7) is 8.67. The number of hydrogen-bond acceptors (Lipinski definition) is 4. The van der Waals surface area contributed by atoms with Gasteiger partial charge >= 0.3 is 0 Å². The SMILES string of the molecule is CC[C@H](C(=O)NCC(C)C)N(Cc1cccc(OC)c1)C(=O)COc1cccc(C)c1. The molecule has 0 saturated heterocycles. The number of aryl methyl sites for hydroxylation is 1. The molecule has 31 heavy (non-hydrogen) atoms. The molecule has 0 fully saturated rings. The number of nitrogens with zero attached hydrogens (tertiary/aromatic N) is 1. The van der Waals surface area contributed by atoms with E-state index in [9.17, 15) is 9.59 Å². The molecule has 2 amide bonds. The summed E-state index contributed by atoms with van der Waals surface area (Å²) < 4.78 is 11.0. The second-order valence-electron chi connectivity index (χ2n) is 8.04. The minimum absolute atomic E-state index is 0.138. The molecule has 0 aliphatic heterocycles. The fraction of sp³-hybridized carbons (Fsp3) is 0.440. The van der Waals surface area contributed by atoms with Crippen molar-refractivity contribution < 1.29 is 19.1 Å². The summed E-state index contributed by atoms with van der Waals surface area (Å²) in [5.41, 5.74) is 1.94. The van der Waals surface area contributed by atoms with E-state index in [-0.39, 0.29) is 18.4 Å². The third-order valence-electron chi connectivity index (χ3n) is 4.91. The highest BCUT2D eigenvalue weighted by Crippen LogP contribution is 2.18. The summed E-state index contributed by atoms with van der Waals surface area (Å²) in [5.74, 6) is 1.28. The van der Waals surface area contributed by atoms with Crippen molar-refractivity contribution in [2.75, 3.05) is 20.3 Å². The molecule has 0 radical (unpaired) electrons. The maximum atomic E-state index is 13.2. The van der Waals surface area contributed by atoms with Gasteiger partial charge in [0.05, 0.1) is 7.11 Å². The lowest BCUT2D eigenvalue weighted by Gasteiger charge is -2.31. The lowest BCUT2D eigenvalue weighted by molar-refractivity contribution is -0.143. The Bertz CT molecular complexity index is 866. The zero-order valence-corrected chi connectivity index (χ0v) is 19.2. The van der Waals surface area contributed by atoms with E-state index in [0.717, 1.165) is 11.1 Å². The molecule has 0 aliphatic carbocycles. The summed E-state index contributed by atoms with van der Waals surface area (Å²) in [5, 5.41) is 2.96. The summed E-state index contributed by atoms with van der Waals surface area (Å²) in [7, 11) is 1.60. The lowest BCUT2D eigenvalue weighted by atomic mass is 10.1. The molecule has 0 aromatic heterocycles. The van der Waals surface area contributed by atoms with Crippen LogP contribution in [-0.2, 0) is 16.1 Å². The number of carbonyl (C=O) groups is 2. The second-order valence-corrected chi connectivity index (χ2v) is 8.04. The van der Waals surface area contributed by atoms with Gasteiger partial charge in [0, 0.05) is 13.1 Å². The van der Waals surface area contributed by atoms with Gasteiger partial charge in [-0.25, -0.2) is 0 Å². The van der Waals surface area contributed by atoms with Gasteiger partial charge in [0.2, 0.25) is 5.91 Å². The molecular weight excluding hydrogens is 392 g/mol. The average molecular weight is 427 g/mol. The quantitative estimate of drug-likeness (QED) is 0.591. The minimum atomic E-state index is -0.585. The molecule has 0 heterocycles. The van der Waals surface area contributed by atoms with E-state index in [1.165, 1.54) is 0 Å². The third-order valence-corrected chi connectivity index (χ3v) is 4.91. The topological polar surface area (TPSA) is 67.9 Å². The molecule has 0 bridgehead atoms. The van der Waals surface area contributed by atoms with Crippen LogP contribution >= 0.6 is 0 Å². The predicted molar refractivity (Wildman–Crippen MR) is 122 cm³/mol. The standard InChI is InChI=1S/C25H34N2O4/c1-6-23(25(29)26-15-18(2)3)27(16-20-10-8-11-21(14-20)30-5)24(28)17-31-22-12-7-9-19(4)13-22/h7-14,18,23H,6,15-17H2,1-5H3,(H,26,29)/t23-/m1/s1. The Kier molecular flexibility index (Phi) is 9.38. The first-order valence-electron chi connectivity index (χ1n) is 10.7. The molecule has 2 rings (SSSR count). The van der Waals surface area contributed by atoms with Gasteiger partial charge in [0.1, 0.15) is 17.5 Å². The first-order valence-corrected chi connectivity index (χ1v) is 10.7. The molecule has 2 aromatic rings. The van der Waals surface area contributed by atoms with Crippen LogP contribution in [0.15, 0.2) is 48.5 Å². The molecule has 168 valence electrons. The van der Waals surface area contributed by atoms with Gasteiger partial charge in [-0.05, 0) is 54.7 Å². The largest absolute Gasteiger partial charge is 0.497 e. The van der Waals surface area contributed by atoms with Crippen molar-refractivity contribution in [3.8, 4) is 11.5 Å². The van der Waals surface area contributed by atoms with Gasteiger partial charge in [-0.1, -0.05) is 45.0 Å². The van der Waals surface area contributed by atoms with Gasteiger partial charge in [0.15, 0.2) is 6.61 Å². The molecule has 0 saturated carbocycles. The lowest BCUT2D eigenvalue weighted by Crippen LogP contribution is -2.50. The summed E-state index contributed by atoms with van der Waals surface area (Å²) in [6, 6.07) is 14.5. The number of amides is 2. The zero-order chi connectivity index (χ0) is 22.8. The number of nitrogens with one attached hydrogen (secondary N) is 1. The van der Waals surface area contributed by atoms with Gasteiger partial charge in [-0.3, -0.25) is 9.59 Å². The molecule has 6 heteroatoms. The van der Waals surface area contributed by atoms with Gasteiger partial charge < -0.3 is 19.7 Å². The zero-order valence-electron chi connectivity index (χ0n) is 19.2. The number of rotatable bonds is 11. The highest BCUT2D eigenvalue weighted by molar-refractivity contribution is 5.88. The normalized spacial score (nSPS) is 11.7. The van der Waals surface area contributed by atoms with E-state index in [4.69, 9.17) is 9.47 Å². The third kappa shape index (κ3) is 7.63. The van der Waals surface area contributed by atoms with Crippen molar-refractivity contribution in [2.24, 2.45) is 5.92 Å². The van der Waals surface area contributed by atoms with Crippen molar-refractivity contribution in [2.45, 2.75) is 46.7 Å². The van der Waals surface area contributed by atoms with E-state index in [2.05, 4.69) is 5.32 Å². The van der Waals surface area contributed by atoms with Gasteiger partial charge in [0.25, 0.3) is 5.91 Å². The molecule has 2 aromatic carbocycles. The maximum absolute atomic E-state index is 13.2. The number of benzene rings is 2. The van der Waals surface area contributed by atoms with Gasteiger partial charge in [-0.2, -0.15) is 0 Å². The van der Waals surface area contributed by atoms with E-state index in [1.807, 2.05) is 76.2 Å². The van der Waals surface area contributed by atoms with Crippen LogP contribution in [0.25, 0.3) is 0 Å². The van der Waals surface area contributed by atoms with Crippen LogP contribution in [-0.4, -0.2) is 43.0 Å². The van der Waals surface area contributed by atoms with Gasteiger partial charge in [-0.15, -0.1) is 0 Å². The second kappa shape index (κ2) is 12.0. The van der Waals surface area contributed by atoms with Crippen LogP contribution in [0.2, 0.25) is 0 Å². The maximum Gasteiger partial charge on any atom is 0.261 e. The predicted octanol–water partition coefficient (Wildman–Crippen LogP) is 3.96. The molecule has 6 nitrogen and oxygen atoms in total. The number of hydrogen-bond donors (Lipinski definition) is 1. The van der Waals surface area contributed by atoms with E-state index >= 15 is 0 Å². The van der Waals surface area contributed by atoms with Crippen LogP contribution in [0.1, 0.15) is 38.3 Å². The minimum Gasteiger partial charge on any atom is -0.497 e. The van der Waals surface area contributed by atoms with Crippen molar-refractivity contribution >= 4 is 11.8 Å². The van der Waals surface area contributed by atoms with Crippen LogP contribution in [0.3, 0.4) is 0 Å². The number of carbonyl (C=O) groups excluding carboxylic acids is 2. The highest BCUT2D eigenvalue weighted by Gasteiger charge is 2.29. The number of ether oxygens (including phenoxy) is 2. The average Bonchev–Trinajstić information content (AvgIpc) is 2.76. The Balaban J connectivity index is 2.21. The molecule has 0 spiro atoms.